The average molecular weight is 742 g/mol. The van der Waals surface area contributed by atoms with Gasteiger partial charge in [0.1, 0.15) is 12.4 Å². The summed E-state index contributed by atoms with van der Waals surface area (Å²) in [5, 5.41) is 0. The SMILES string of the molecule is CCCCCCCCCCCCCCCCCc1n(CCCCCCCCCCCCCC)cc[n+]1CCCCCCCCCCCCCCCCC. The Morgan fingerprint density at radius 1 is 0.321 bits per heavy atom. The van der Waals surface area contributed by atoms with Crippen LogP contribution in [0.3, 0.4) is 0 Å². The summed E-state index contributed by atoms with van der Waals surface area (Å²) in [6.45, 7) is 9.42. The minimum absolute atomic E-state index is 1.23. The average Bonchev–Trinajstić information content (AvgIpc) is 3.55. The van der Waals surface area contributed by atoms with Gasteiger partial charge in [-0.15, -0.1) is 0 Å². The lowest BCUT2D eigenvalue weighted by Crippen LogP contribution is -2.37. The van der Waals surface area contributed by atoms with Gasteiger partial charge in [-0.2, -0.15) is 0 Å². The van der Waals surface area contributed by atoms with E-state index in [2.05, 4.69) is 42.3 Å². The molecule has 1 rings (SSSR count). The van der Waals surface area contributed by atoms with E-state index in [1.807, 2.05) is 0 Å². The van der Waals surface area contributed by atoms with Gasteiger partial charge < -0.3 is 0 Å². The van der Waals surface area contributed by atoms with E-state index < -0.39 is 0 Å². The van der Waals surface area contributed by atoms with Crippen molar-refractivity contribution in [3.05, 3.63) is 18.2 Å². The smallest absolute Gasteiger partial charge is 0.234 e. The van der Waals surface area contributed by atoms with Gasteiger partial charge in [-0.25, -0.2) is 9.13 Å². The Hall–Kier alpha value is -0.790. The summed E-state index contributed by atoms with van der Waals surface area (Å²) in [5.74, 6) is 1.63. The molecule has 0 saturated heterocycles. The number of unbranched alkanes of at least 4 members (excludes halogenated alkanes) is 39. The molecule has 0 aliphatic carbocycles. The van der Waals surface area contributed by atoms with E-state index in [0.717, 1.165) is 0 Å². The Kier molecular flexibility index (Phi) is 40.1. The maximum atomic E-state index is 2.66. The second kappa shape index (κ2) is 42.4. The zero-order valence-electron chi connectivity index (χ0n) is 37.4. The van der Waals surface area contributed by atoms with Crippen LogP contribution in [0.25, 0.3) is 0 Å². The lowest BCUT2D eigenvalue weighted by molar-refractivity contribution is -0.704. The third-order valence-corrected chi connectivity index (χ3v) is 12.3. The number of aromatic nitrogens is 2. The molecular formula is C51H101N2+. The molecule has 0 atom stereocenters. The molecule has 0 N–H and O–H groups in total. The van der Waals surface area contributed by atoms with Crippen molar-refractivity contribution in [2.24, 2.45) is 0 Å². The first-order chi connectivity index (χ1) is 26.3. The molecular weight excluding hydrogens is 641 g/mol. The summed E-state index contributed by atoms with van der Waals surface area (Å²) >= 11 is 0. The molecule has 0 saturated carbocycles. The number of nitrogens with zero attached hydrogens (tertiary/aromatic N) is 2. The molecule has 1 aromatic rings. The highest BCUT2D eigenvalue weighted by molar-refractivity contribution is 4.84. The van der Waals surface area contributed by atoms with Crippen LogP contribution in [0, 0.1) is 0 Å². The third-order valence-electron chi connectivity index (χ3n) is 12.3. The normalized spacial score (nSPS) is 11.7. The monoisotopic (exact) mass is 742 g/mol. The molecule has 0 aliphatic rings. The highest BCUT2D eigenvalue weighted by Gasteiger charge is 2.16. The topological polar surface area (TPSA) is 8.81 Å². The number of hydrogen-bond acceptors (Lipinski definition) is 0. The van der Waals surface area contributed by atoms with E-state index in [9.17, 15) is 0 Å². The summed E-state index contributed by atoms with van der Waals surface area (Å²) in [5.41, 5.74) is 0. The molecule has 0 bridgehead atoms. The molecule has 2 heteroatoms. The fourth-order valence-corrected chi connectivity index (χ4v) is 8.62. The van der Waals surface area contributed by atoms with Gasteiger partial charge in [-0.05, 0) is 32.1 Å². The fraction of sp³-hybridized carbons (Fsp3) is 0.941. The summed E-state index contributed by atoms with van der Waals surface area (Å²) in [7, 11) is 0. The summed E-state index contributed by atoms with van der Waals surface area (Å²) in [6.07, 6.45) is 66.8. The van der Waals surface area contributed by atoms with Crippen molar-refractivity contribution in [1.82, 2.24) is 4.57 Å². The van der Waals surface area contributed by atoms with E-state index in [-0.39, 0.29) is 0 Å². The number of hydrogen-bond donors (Lipinski definition) is 0. The molecule has 0 aromatic carbocycles. The zero-order valence-corrected chi connectivity index (χ0v) is 37.4. The van der Waals surface area contributed by atoms with Crippen molar-refractivity contribution in [3.63, 3.8) is 0 Å². The van der Waals surface area contributed by atoms with E-state index in [4.69, 9.17) is 0 Å². The van der Waals surface area contributed by atoms with Crippen LogP contribution in [0.5, 0.6) is 0 Å². The van der Waals surface area contributed by atoms with Gasteiger partial charge in [0.2, 0.25) is 0 Å². The molecule has 0 amide bonds. The number of imidazole rings is 1. The van der Waals surface area contributed by atoms with E-state index >= 15 is 0 Å². The van der Waals surface area contributed by atoms with E-state index in [1.165, 1.54) is 289 Å². The zero-order chi connectivity index (χ0) is 38.0. The molecule has 53 heavy (non-hydrogen) atoms. The minimum atomic E-state index is 1.23. The van der Waals surface area contributed by atoms with Crippen molar-refractivity contribution >= 4 is 0 Å². The molecule has 2 nitrogen and oxygen atoms in total. The fourth-order valence-electron chi connectivity index (χ4n) is 8.62. The predicted octanol–water partition coefficient (Wildman–Crippen LogP) is 17.8. The van der Waals surface area contributed by atoms with Gasteiger partial charge >= 0.3 is 0 Å². The third kappa shape index (κ3) is 34.2. The summed E-state index contributed by atoms with van der Waals surface area (Å²) in [6, 6.07) is 0. The van der Waals surface area contributed by atoms with Gasteiger partial charge in [-0.1, -0.05) is 258 Å². The van der Waals surface area contributed by atoms with Gasteiger partial charge in [0, 0.05) is 6.42 Å². The van der Waals surface area contributed by atoms with Crippen molar-refractivity contribution in [2.45, 2.75) is 310 Å². The van der Waals surface area contributed by atoms with E-state index in [0.29, 0.717) is 0 Å². The molecule has 314 valence electrons. The standard InChI is InChI=1S/C51H101N2/c1-4-7-10-13-16-19-22-25-27-29-31-34-37-40-43-46-51-52(47-44-41-38-35-32-24-21-18-15-12-9-6-3)49-50-53(51)48-45-42-39-36-33-30-28-26-23-20-17-14-11-8-5-2/h49-50H,4-48H2,1-3H3/q+1. The molecule has 1 aromatic heterocycles. The molecule has 0 aliphatic heterocycles. The second-order valence-corrected chi connectivity index (χ2v) is 17.6. The highest BCUT2D eigenvalue weighted by atomic mass is 15.1. The lowest BCUT2D eigenvalue weighted by atomic mass is 10.0. The summed E-state index contributed by atoms with van der Waals surface area (Å²) in [4.78, 5) is 0. The Labute approximate surface area is 336 Å². The van der Waals surface area contributed by atoms with E-state index in [1.54, 1.807) is 5.82 Å². The van der Waals surface area contributed by atoms with Crippen LogP contribution in [-0.2, 0) is 19.5 Å². The Morgan fingerprint density at radius 2 is 0.585 bits per heavy atom. The Balaban J connectivity index is 2.26. The first kappa shape index (κ1) is 50.2. The molecule has 1 heterocycles. The Bertz CT molecular complexity index is 811. The Morgan fingerprint density at radius 3 is 0.906 bits per heavy atom. The van der Waals surface area contributed by atoms with Crippen LogP contribution in [0.2, 0.25) is 0 Å². The lowest BCUT2D eigenvalue weighted by Gasteiger charge is -2.07. The minimum Gasteiger partial charge on any atom is -0.234 e. The van der Waals surface area contributed by atoms with Crippen LogP contribution in [0.15, 0.2) is 12.4 Å². The quantitative estimate of drug-likeness (QED) is 0.0465. The van der Waals surface area contributed by atoms with Crippen LogP contribution in [-0.4, -0.2) is 4.57 Å². The number of aryl methyl sites for hydroxylation is 2. The molecule has 0 fully saturated rings. The van der Waals surface area contributed by atoms with Crippen LogP contribution in [0.4, 0.5) is 0 Å². The van der Waals surface area contributed by atoms with Gasteiger partial charge in [0.15, 0.2) is 0 Å². The van der Waals surface area contributed by atoms with Crippen LogP contribution in [0.1, 0.15) is 296 Å². The maximum absolute atomic E-state index is 2.66. The molecule has 0 radical (unpaired) electrons. The summed E-state index contributed by atoms with van der Waals surface area (Å²) < 4.78 is 5.32. The van der Waals surface area contributed by atoms with Gasteiger partial charge in [0.25, 0.3) is 5.82 Å². The highest BCUT2D eigenvalue weighted by Crippen LogP contribution is 2.17. The second-order valence-electron chi connectivity index (χ2n) is 17.6. The largest absolute Gasteiger partial charge is 0.256 e. The van der Waals surface area contributed by atoms with Gasteiger partial charge in [-0.3, -0.25) is 0 Å². The maximum Gasteiger partial charge on any atom is 0.256 e. The van der Waals surface area contributed by atoms with Gasteiger partial charge in [0.05, 0.1) is 13.1 Å². The van der Waals surface area contributed by atoms with Crippen molar-refractivity contribution in [2.75, 3.05) is 0 Å². The first-order valence-electron chi connectivity index (χ1n) is 25.4. The van der Waals surface area contributed by atoms with Crippen molar-refractivity contribution < 1.29 is 4.57 Å². The van der Waals surface area contributed by atoms with Crippen LogP contribution >= 0.6 is 0 Å². The predicted molar refractivity (Wildman–Crippen MR) is 239 cm³/mol. The number of rotatable bonds is 45. The van der Waals surface area contributed by atoms with Crippen LogP contribution < -0.4 is 4.57 Å². The molecule has 0 spiro atoms. The van der Waals surface area contributed by atoms with Crippen molar-refractivity contribution in [3.8, 4) is 0 Å². The first-order valence-corrected chi connectivity index (χ1v) is 25.4. The van der Waals surface area contributed by atoms with Crippen molar-refractivity contribution in [1.29, 1.82) is 0 Å². The molecule has 0 unspecified atom stereocenters.